The van der Waals surface area contributed by atoms with Gasteiger partial charge >= 0.3 is 11.6 Å². The van der Waals surface area contributed by atoms with E-state index in [1.807, 2.05) is 48.4 Å². The fraction of sp³-hybridized carbons (Fsp3) is 0.316. The van der Waals surface area contributed by atoms with E-state index in [1.165, 1.54) is 12.3 Å². The molecule has 0 radical (unpaired) electrons. The van der Waals surface area contributed by atoms with Gasteiger partial charge in [-0.2, -0.15) is 18.6 Å². The number of aromatic nitrogens is 8. The number of aromatic amines is 1. The zero-order valence-corrected chi connectivity index (χ0v) is 29.7. The smallest absolute Gasteiger partial charge is 0.362 e. The van der Waals surface area contributed by atoms with E-state index in [2.05, 4.69) is 47.4 Å². The molecule has 4 heterocycles. The second-order valence-corrected chi connectivity index (χ2v) is 13.5. The molecule has 12 nitrogen and oxygen atoms in total. The number of piperazine rings is 1. The predicted octanol–water partition coefficient (Wildman–Crippen LogP) is 5.78. The van der Waals surface area contributed by atoms with Gasteiger partial charge in [0.1, 0.15) is 23.7 Å². The molecule has 7 rings (SSSR count). The highest BCUT2D eigenvalue weighted by atomic mass is 19.3. The van der Waals surface area contributed by atoms with Crippen molar-refractivity contribution >= 4 is 11.4 Å². The zero-order valence-electron chi connectivity index (χ0n) is 29.7. The summed E-state index contributed by atoms with van der Waals surface area (Å²) in [5, 5.41) is 23.4. The third-order valence-electron chi connectivity index (χ3n) is 10.2. The van der Waals surface area contributed by atoms with Crippen LogP contribution in [0.5, 0.6) is 0 Å². The first-order valence-electron chi connectivity index (χ1n) is 17.5. The Morgan fingerprint density at radius 2 is 1.46 bits per heavy atom. The molecule has 1 aliphatic heterocycles. The van der Waals surface area contributed by atoms with E-state index >= 15 is 8.78 Å². The first-order chi connectivity index (χ1) is 25.9. The molecular weight excluding hydrogens is 704 g/mol. The summed E-state index contributed by atoms with van der Waals surface area (Å²) in [6, 6.07) is 20.5. The Hall–Kier alpha value is -5.90. The summed E-state index contributed by atoms with van der Waals surface area (Å²) in [5.74, 6) is -5.64. The maximum Gasteiger partial charge on any atom is 0.362 e. The minimum absolute atomic E-state index is 0.128. The fourth-order valence-corrected chi connectivity index (χ4v) is 7.02. The lowest BCUT2D eigenvalue weighted by Crippen LogP contribution is -2.52. The highest BCUT2D eigenvalue weighted by Gasteiger charge is 2.58. The lowest BCUT2D eigenvalue weighted by molar-refractivity contribution is -0.104. The van der Waals surface area contributed by atoms with E-state index in [0.717, 1.165) is 80.2 Å². The molecule has 0 amide bonds. The largest absolute Gasteiger partial charge is 0.391 e. The second kappa shape index (κ2) is 14.5. The number of nitrogens with one attached hydrogen (secondary N) is 1. The van der Waals surface area contributed by atoms with Crippen molar-refractivity contribution in [2.75, 3.05) is 36.0 Å². The van der Waals surface area contributed by atoms with Crippen molar-refractivity contribution in [1.29, 1.82) is 0 Å². The van der Waals surface area contributed by atoms with Crippen molar-refractivity contribution in [2.45, 2.75) is 50.8 Å². The SMILES string of the molecule is CC[C@@H]([C@H](C)O)n1cnc(-c2ccc(N3CCN(c4ccc(-c5ccc(C(F)(F)[C@](C)(c6ccc(F)cc6F)n6nn[nH]c6=O)nc5)cc4)CC3)cc2)n1. The fourth-order valence-electron chi connectivity index (χ4n) is 7.02. The molecule has 0 bridgehead atoms. The van der Waals surface area contributed by atoms with E-state index < -0.39 is 46.1 Å². The number of rotatable bonds is 11. The monoisotopic (exact) mass is 742 g/mol. The van der Waals surface area contributed by atoms with Crippen LogP contribution in [-0.2, 0) is 11.5 Å². The summed E-state index contributed by atoms with van der Waals surface area (Å²) in [6.45, 7) is 7.88. The van der Waals surface area contributed by atoms with Gasteiger partial charge in [-0.25, -0.2) is 28.3 Å². The van der Waals surface area contributed by atoms with Crippen LogP contribution in [0.2, 0.25) is 0 Å². The van der Waals surface area contributed by atoms with Gasteiger partial charge in [-0.15, -0.1) is 0 Å². The van der Waals surface area contributed by atoms with Crippen LogP contribution in [0.15, 0.2) is 96.2 Å². The minimum atomic E-state index is -4.00. The Morgan fingerprint density at radius 3 is 1.98 bits per heavy atom. The Balaban J connectivity index is 1.01. The van der Waals surface area contributed by atoms with Crippen LogP contribution in [0.4, 0.5) is 28.9 Å². The molecule has 1 fully saturated rings. The Kier molecular flexibility index (Phi) is 9.79. The number of aliphatic hydroxyl groups excluding tert-OH is 1. The molecule has 1 aliphatic rings. The average Bonchev–Trinajstić information content (AvgIpc) is 3.85. The van der Waals surface area contributed by atoms with E-state index in [4.69, 9.17) is 0 Å². The van der Waals surface area contributed by atoms with Gasteiger partial charge in [-0.05, 0) is 84.8 Å². The van der Waals surface area contributed by atoms with Gasteiger partial charge in [-0.3, -0.25) is 4.98 Å². The lowest BCUT2D eigenvalue weighted by Gasteiger charge is -2.37. The van der Waals surface area contributed by atoms with Gasteiger partial charge in [0.05, 0.1) is 12.1 Å². The number of alkyl halides is 2. The number of pyridine rings is 1. The van der Waals surface area contributed by atoms with Crippen molar-refractivity contribution in [3.05, 3.63) is 125 Å². The molecule has 1 saturated heterocycles. The number of benzene rings is 3. The molecule has 3 aromatic carbocycles. The number of aliphatic hydroxyl groups is 1. The van der Waals surface area contributed by atoms with Crippen molar-refractivity contribution in [1.82, 2.24) is 40.0 Å². The lowest BCUT2D eigenvalue weighted by atomic mass is 9.83. The van der Waals surface area contributed by atoms with Crippen molar-refractivity contribution in [2.24, 2.45) is 0 Å². The van der Waals surface area contributed by atoms with Gasteiger partial charge in [0.2, 0.25) is 0 Å². The van der Waals surface area contributed by atoms with Gasteiger partial charge in [0.15, 0.2) is 11.4 Å². The molecule has 2 N–H and O–H groups in total. The molecule has 6 aromatic rings. The van der Waals surface area contributed by atoms with Gasteiger partial charge in [0, 0.05) is 66.5 Å². The summed E-state index contributed by atoms with van der Waals surface area (Å²) in [7, 11) is 0. The molecule has 0 saturated carbocycles. The van der Waals surface area contributed by atoms with E-state index in [0.29, 0.717) is 22.1 Å². The first kappa shape index (κ1) is 36.5. The summed E-state index contributed by atoms with van der Waals surface area (Å²) >= 11 is 0. The number of halogens is 4. The molecule has 0 spiro atoms. The van der Waals surface area contributed by atoms with Gasteiger partial charge in [-0.1, -0.05) is 31.2 Å². The van der Waals surface area contributed by atoms with Crippen LogP contribution in [0, 0.1) is 11.6 Å². The Bertz CT molecular complexity index is 2270. The highest BCUT2D eigenvalue weighted by molar-refractivity contribution is 5.66. The Morgan fingerprint density at radius 1 is 0.852 bits per heavy atom. The van der Waals surface area contributed by atoms with Crippen molar-refractivity contribution in [3.8, 4) is 22.5 Å². The number of hydrogen-bond donors (Lipinski definition) is 2. The number of nitrogens with zero attached hydrogens (tertiary/aromatic N) is 9. The number of anilines is 2. The van der Waals surface area contributed by atoms with Gasteiger partial charge < -0.3 is 14.9 Å². The van der Waals surface area contributed by atoms with Crippen LogP contribution < -0.4 is 15.5 Å². The van der Waals surface area contributed by atoms with Crippen LogP contribution >= 0.6 is 0 Å². The molecule has 3 aromatic heterocycles. The molecule has 54 heavy (non-hydrogen) atoms. The summed E-state index contributed by atoms with van der Waals surface area (Å²) in [4.78, 5) is 25.6. The second-order valence-electron chi connectivity index (χ2n) is 13.5. The average molecular weight is 743 g/mol. The quantitative estimate of drug-likeness (QED) is 0.159. The molecule has 16 heteroatoms. The summed E-state index contributed by atoms with van der Waals surface area (Å²) in [5.41, 5.74) is -0.939. The third-order valence-corrected chi connectivity index (χ3v) is 10.2. The normalized spacial score (nSPS) is 15.9. The highest BCUT2D eigenvalue weighted by Crippen LogP contribution is 2.47. The Labute approximate surface area is 307 Å². The first-order valence-corrected chi connectivity index (χ1v) is 17.5. The number of tetrazole rings is 1. The molecule has 280 valence electrons. The summed E-state index contributed by atoms with van der Waals surface area (Å²) in [6.07, 6.45) is 3.17. The van der Waals surface area contributed by atoms with E-state index in [-0.39, 0.29) is 6.04 Å². The zero-order chi connectivity index (χ0) is 38.2. The minimum Gasteiger partial charge on any atom is -0.391 e. The maximum atomic E-state index is 16.4. The molecular formula is C38H38F4N10O2. The standard InChI is InChI=1S/C38H38F4N10O2/c1-4-33(24(2)53)51-23-44-35(46-51)26-7-13-30(14-8-26)50-19-17-49(18-20-50)29-11-5-25(6-12-29)27-9-16-34(43-22-27)38(41,42)37(3,52-36(54)45-47-48-52)31-15-10-28(39)21-32(31)40/h5-16,21-24,33,53H,4,17-20H2,1-3H3,(H,45,48,54)/t24-,33-,37-/m0/s1. The maximum absolute atomic E-state index is 16.4. The molecule has 0 aliphatic carbocycles. The topological polar surface area (TPSA) is 134 Å². The van der Waals surface area contributed by atoms with E-state index in [9.17, 15) is 18.7 Å². The number of hydrogen-bond acceptors (Lipinski definition) is 9. The molecule has 3 atom stereocenters. The van der Waals surface area contributed by atoms with Crippen molar-refractivity contribution in [3.63, 3.8) is 0 Å². The van der Waals surface area contributed by atoms with E-state index in [1.54, 1.807) is 17.9 Å². The van der Waals surface area contributed by atoms with Crippen molar-refractivity contribution < 1.29 is 22.7 Å². The van der Waals surface area contributed by atoms with Gasteiger partial charge in [0.25, 0.3) is 0 Å². The van der Waals surface area contributed by atoms with Crippen LogP contribution in [0.25, 0.3) is 22.5 Å². The van der Waals surface area contributed by atoms with Crippen LogP contribution in [0.1, 0.15) is 44.5 Å². The summed E-state index contributed by atoms with van der Waals surface area (Å²) < 4.78 is 63.6. The predicted molar refractivity (Wildman–Crippen MR) is 194 cm³/mol. The molecule has 0 unspecified atom stereocenters. The number of H-pyrrole nitrogens is 1. The van der Waals surface area contributed by atoms with Crippen LogP contribution in [-0.4, -0.2) is 77.3 Å². The third kappa shape index (κ3) is 6.61. The van der Waals surface area contributed by atoms with Crippen LogP contribution in [0.3, 0.4) is 0 Å².